The molecule has 0 spiro atoms. The first-order valence-electron chi connectivity index (χ1n) is 22.2. The van der Waals surface area contributed by atoms with E-state index in [0.717, 1.165) is 37.5 Å². The molecule has 2 saturated heterocycles. The lowest BCUT2D eigenvalue weighted by Crippen LogP contribution is -2.67. The van der Waals surface area contributed by atoms with Crippen LogP contribution in [-0.2, 0) is 9.16 Å². The highest BCUT2D eigenvalue weighted by atomic mass is 28.4. The van der Waals surface area contributed by atoms with Gasteiger partial charge in [-0.3, -0.25) is 4.90 Å². The number of hydrogen-bond acceptors (Lipinski definition) is 7. The lowest BCUT2D eigenvalue weighted by Gasteiger charge is -2.44. The van der Waals surface area contributed by atoms with Crippen LogP contribution in [0.5, 0.6) is 0 Å². The number of rotatable bonds is 17. The molecule has 4 aromatic carbocycles. The lowest BCUT2D eigenvalue weighted by molar-refractivity contribution is 0.0455. The first-order valence-corrected chi connectivity index (χ1v) is 24.1. The van der Waals surface area contributed by atoms with Crippen LogP contribution in [0.1, 0.15) is 114 Å². The van der Waals surface area contributed by atoms with Gasteiger partial charge < -0.3 is 19.4 Å². The maximum absolute atomic E-state index is 13.2. The molecular weight excluding hydrogens is 733 g/mol. The normalized spacial score (nSPS) is 20.0. The van der Waals surface area contributed by atoms with Crippen molar-refractivity contribution in [2.24, 2.45) is 4.99 Å². The highest BCUT2D eigenvalue weighted by molar-refractivity contribution is 6.99. The van der Waals surface area contributed by atoms with Crippen LogP contribution in [0.15, 0.2) is 114 Å². The largest absolute Gasteiger partial charge is 0.460 e. The van der Waals surface area contributed by atoms with E-state index < -0.39 is 8.32 Å². The standard InChI is InChI=1S/C50H66N4O3Si/c1-5-6-7-8-9-16-33-53-34-17-22-47(53)41-27-23-39(24-28-41)40-25-29-42(30-26-40)48(55)56-37-43-31-35-54-36-32-44(52-49(54)51-43)38-57-58(50(2,3)4,45-18-12-10-13-19-45)46-20-14-11-15-21-46/h10-15,18-21,23-30,43-44,47H,5-9,16-17,22,31-38H2,1-4H3,(H,51,52)/t43-,44-,47+/m1/s1. The zero-order valence-electron chi connectivity index (χ0n) is 35.5. The van der Waals surface area contributed by atoms with Crippen molar-refractivity contribution in [3.8, 4) is 11.1 Å². The Morgan fingerprint density at radius 3 is 2.02 bits per heavy atom. The van der Waals surface area contributed by atoms with Gasteiger partial charge >= 0.3 is 5.97 Å². The molecule has 0 aliphatic carbocycles. The molecule has 0 radical (unpaired) electrons. The Balaban J connectivity index is 0.916. The molecule has 3 heterocycles. The molecule has 3 aliphatic rings. The molecule has 4 aromatic rings. The molecular formula is C50H66N4O3Si. The Morgan fingerprint density at radius 1 is 0.741 bits per heavy atom. The topological polar surface area (TPSA) is 66.4 Å². The number of aliphatic imine (C=N–C) groups is 1. The summed E-state index contributed by atoms with van der Waals surface area (Å²) in [4.78, 5) is 23.4. The molecule has 1 N–H and O–H groups in total. The van der Waals surface area contributed by atoms with Gasteiger partial charge in [0.1, 0.15) is 6.61 Å². The third kappa shape index (κ3) is 9.95. The Labute approximate surface area is 349 Å². The number of hydrogen-bond donors (Lipinski definition) is 1. The van der Waals surface area contributed by atoms with Crippen molar-refractivity contribution >= 4 is 30.6 Å². The molecule has 7 nitrogen and oxygen atoms in total. The number of carbonyl (C=O) groups is 1. The molecule has 3 aliphatic heterocycles. The van der Waals surface area contributed by atoms with E-state index >= 15 is 0 Å². The summed E-state index contributed by atoms with van der Waals surface area (Å²) >= 11 is 0. The van der Waals surface area contributed by atoms with Gasteiger partial charge in [0, 0.05) is 19.1 Å². The van der Waals surface area contributed by atoms with Crippen LogP contribution in [0.2, 0.25) is 5.04 Å². The predicted octanol–water partition coefficient (Wildman–Crippen LogP) is 9.38. The monoisotopic (exact) mass is 798 g/mol. The summed E-state index contributed by atoms with van der Waals surface area (Å²) in [5.74, 6) is 0.600. The molecule has 0 unspecified atom stereocenters. The van der Waals surface area contributed by atoms with Gasteiger partial charge in [-0.25, -0.2) is 9.79 Å². The summed E-state index contributed by atoms with van der Waals surface area (Å²) in [6, 6.07) is 39.1. The number of benzene rings is 4. The van der Waals surface area contributed by atoms with Crippen molar-refractivity contribution in [2.75, 3.05) is 39.4 Å². The number of likely N-dealkylation sites (tertiary alicyclic amines) is 1. The van der Waals surface area contributed by atoms with Crippen molar-refractivity contribution in [2.45, 2.75) is 115 Å². The smallest absolute Gasteiger partial charge is 0.338 e. The minimum Gasteiger partial charge on any atom is -0.460 e. The highest BCUT2D eigenvalue weighted by Crippen LogP contribution is 2.37. The van der Waals surface area contributed by atoms with Gasteiger partial charge in [0.25, 0.3) is 8.32 Å². The molecule has 3 atom stereocenters. The fourth-order valence-electron chi connectivity index (χ4n) is 9.39. The third-order valence-electron chi connectivity index (χ3n) is 12.7. The van der Waals surface area contributed by atoms with Crippen LogP contribution in [-0.4, -0.2) is 81.5 Å². The SMILES string of the molecule is CCCCCCCCN1CCC[C@H]1c1ccc(-c2ccc(C(=O)OC[C@H]3CCN4CC[C@H](CO[Si](c5ccccc5)(c5ccccc5)C(C)(C)C)N=C4N3)cc2)cc1. The summed E-state index contributed by atoms with van der Waals surface area (Å²) in [6.07, 6.45) is 12.4. The van der Waals surface area contributed by atoms with Gasteiger partial charge in [-0.1, -0.05) is 157 Å². The predicted molar refractivity (Wildman–Crippen MR) is 242 cm³/mol. The average molecular weight is 799 g/mol. The summed E-state index contributed by atoms with van der Waals surface area (Å²) in [5.41, 5.74) is 4.27. The van der Waals surface area contributed by atoms with Crippen molar-refractivity contribution in [3.05, 3.63) is 120 Å². The summed E-state index contributed by atoms with van der Waals surface area (Å²) in [5, 5.41) is 6.09. The second-order valence-electron chi connectivity index (χ2n) is 17.7. The Morgan fingerprint density at radius 2 is 1.36 bits per heavy atom. The van der Waals surface area contributed by atoms with Gasteiger partial charge in [-0.05, 0) is 89.4 Å². The van der Waals surface area contributed by atoms with Crippen molar-refractivity contribution in [1.29, 1.82) is 0 Å². The van der Waals surface area contributed by atoms with Crippen LogP contribution in [0.4, 0.5) is 0 Å². The molecule has 0 amide bonds. The molecule has 58 heavy (non-hydrogen) atoms. The van der Waals surface area contributed by atoms with E-state index in [2.05, 4.69) is 128 Å². The van der Waals surface area contributed by atoms with Crippen molar-refractivity contribution < 1.29 is 14.0 Å². The summed E-state index contributed by atoms with van der Waals surface area (Å²) in [7, 11) is -2.65. The van der Waals surface area contributed by atoms with Gasteiger partial charge in [0.2, 0.25) is 0 Å². The number of esters is 1. The molecule has 0 saturated carbocycles. The first kappa shape index (κ1) is 41.9. The second kappa shape index (κ2) is 19.7. The Kier molecular flexibility index (Phi) is 14.2. The second-order valence-corrected chi connectivity index (χ2v) is 22.1. The number of nitrogens with zero attached hydrogens (tertiary/aromatic N) is 3. The minimum atomic E-state index is -2.65. The van der Waals surface area contributed by atoms with E-state index in [0.29, 0.717) is 24.8 Å². The number of fused-ring (bicyclic) bond motifs is 1. The van der Waals surface area contributed by atoms with Gasteiger partial charge in [-0.2, -0.15) is 0 Å². The maximum Gasteiger partial charge on any atom is 0.338 e. The Bertz CT molecular complexity index is 1870. The first-order chi connectivity index (χ1) is 28.2. The van der Waals surface area contributed by atoms with Crippen LogP contribution in [0.25, 0.3) is 11.1 Å². The van der Waals surface area contributed by atoms with Crippen molar-refractivity contribution in [3.63, 3.8) is 0 Å². The van der Waals surface area contributed by atoms with Crippen LogP contribution in [0.3, 0.4) is 0 Å². The van der Waals surface area contributed by atoms with E-state index in [1.54, 1.807) is 0 Å². The number of ether oxygens (including phenoxy) is 1. The molecule has 7 rings (SSSR count). The van der Waals surface area contributed by atoms with Gasteiger partial charge in [0.05, 0.1) is 24.3 Å². The van der Waals surface area contributed by atoms with Crippen molar-refractivity contribution in [1.82, 2.24) is 15.1 Å². The number of carbonyl (C=O) groups excluding carboxylic acids is 1. The van der Waals surface area contributed by atoms with E-state index in [4.69, 9.17) is 14.2 Å². The summed E-state index contributed by atoms with van der Waals surface area (Å²) < 4.78 is 13.1. The van der Waals surface area contributed by atoms with E-state index in [9.17, 15) is 4.79 Å². The molecule has 8 heteroatoms. The number of nitrogens with one attached hydrogen (secondary N) is 1. The fraction of sp³-hybridized carbons (Fsp3) is 0.480. The van der Waals surface area contributed by atoms with Crippen LogP contribution < -0.4 is 15.7 Å². The zero-order valence-corrected chi connectivity index (χ0v) is 36.5. The number of guanidine groups is 1. The van der Waals surface area contributed by atoms with Crippen LogP contribution >= 0.6 is 0 Å². The molecule has 0 bridgehead atoms. The van der Waals surface area contributed by atoms with Gasteiger partial charge in [0.15, 0.2) is 5.96 Å². The molecule has 0 aromatic heterocycles. The molecule has 2 fully saturated rings. The Hall–Kier alpha value is -4.24. The van der Waals surface area contributed by atoms with E-state index in [1.165, 1.54) is 86.0 Å². The third-order valence-corrected chi connectivity index (χ3v) is 17.7. The molecule has 308 valence electrons. The maximum atomic E-state index is 13.2. The minimum absolute atomic E-state index is 0.00895. The lowest BCUT2D eigenvalue weighted by atomic mass is 9.98. The zero-order chi connectivity index (χ0) is 40.4. The highest BCUT2D eigenvalue weighted by Gasteiger charge is 2.50. The summed E-state index contributed by atoms with van der Waals surface area (Å²) in [6.45, 7) is 14.3. The van der Waals surface area contributed by atoms with Crippen LogP contribution in [0, 0.1) is 0 Å². The van der Waals surface area contributed by atoms with Gasteiger partial charge in [-0.15, -0.1) is 0 Å². The quantitative estimate of drug-likeness (QED) is 0.0653. The van der Waals surface area contributed by atoms with E-state index in [-0.39, 0.29) is 23.1 Å². The van der Waals surface area contributed by atoms with E-state index in [1.807, 2.05) is 24.3 Å². The number of unbranched alkanes of at least 4 members (excludes halogenated alkanes) is 5. The average Bonchev–Trinajstić information content (AvgIpc) is 3.73. The fourth-order valence-corrected chi connectivity index (χ4v) is 14.0.